The number of rotatable bonds is 8. The number of piperidine rings is 1. The van der Waals surface area contributed by atoms with Gasteiger partial charge < -0.3 is 39.6 Å². The van der Waals surface area contributed by atoms with Crippen molar-refractivity contribution in [2.24, 2.45) is 34.5 Å². The molecule has 0 radical (unpaired) electrons. The van der Waals surface area contributed by atoms with E-state index in [0.717, 1.165) is 0 Å². The standard InChI is InChI=1S/C33H46N2O9/c1-6-35-15-30(16-43-28(37)18-9-7-8-10-21(18)34)12-11-23(41-4)32-20-13-19-22(40-3)14-31(38,24(20)25(19)44-17(2)36)33(39,29(32)35)27(42-5)26(30)32/h7-10,19-20,22-27,29,38-39H,6,11-16,34H2,1-5H3/t19-,20-,22+,23+,24-,25+,26-,27+,29+,30+,31-,32+,33-/m1/s1. The number of nitrogens with zero attached hydrogens (tertiary/aromatic N) is 1. The van der Waals surface area contributed by atoms with Gasteiger partial charge in [-0.1, -0.05) is 19.1 Å². The number of carbonyl (C=O) groups excluding carboxylic acids is 2. The number of nitrogens with two attached hydrogens (primary N) is 1. The van der Waals surface area contributed by atoms with Gasteiger partial charge in [0.2, 0.25) is 0 Å². The van der Waals surface area contributed by atoms with Gasteiger partial charge in [0, 0.05) is 75.5 Å². The molecule has 0 amide bonds. The molecule has 1 aromatic carbocycles. The fourth-order valence-electron chi connectivity index (χ4n) is 12.0. The van der Waals surface area contributed by atoms with Crippen molar-refractivity contribution in [2.75, 3.05) is 46.8 Å². The second-order valence-electron chi connectivity index (χ2n) is 14.2. The zero-order chi connectivity index (χ0) is 31.4. The van der Waals surface area contributed by atoms with Gasteiger partial charge >= 0.3 is 11.9 Å². The van der Waals surface area contributed by atoms with E-state index in [1.165, 1.54) is 6.92 Å². The van der Waals surface area contributed by atoms with Gasteiger partial charge in [-0.05, 0) is 43.9 Å². The summed E-state index contributed by atoms with van der Waals surface area (Å²) >= 11 is 0. The average molecular weight is 615 g/mol. The zero-order valence-corrected chi connectivity index (χ0v) is 26.2. The monoisotopic (exact) mass is 614 g/mol. The van der Waals surface area contributed by atoms with Crippen LogP contribution in [0, 0.1) is 34.5 Å². The Morgan fingerprint density at radius 3 is 2.50 bits per heavy atom. The van der Waals surface area contributed by atoms with Gasteiger partial charge in [0.25, 0.3) is 0 Å². The molecule has 242 valence electrons. The number of fused-ring (bicyclic) bond motifs is 2. The summed E-state index contributed by atoms with van der Waals surface area (Å²) in [6, 6.07) is 6.38. The van der Waals surface area contributed by atoms with Gasteiger partial charge in [-0.3, -0.25) is 9.69 Å². The minimum Gasteiger partial charge on any atom is -0.462 e. The first kappa shape index (κ1) is 30.4. The quantitative estimate of drug-likeness (QED) is 0.290. The summed E-state index contributed by atoms with van der Waals surface area (Å²) in [5, 5.41) is 26.4. The number of anilines is 1. The number of aliphatic hydroxyl groups is 2. The molecule has 44 heavy (non-hydrogen) atoms. The van der Waals surface area contributed by atoms with E-state index in [1.54, 1.807) is 45.6 Å². The predicted octanol–water partition coefficient (Wildman–Crippen LogP) is 1.63. The number of esters is 2. The topological polar surface area (TPSA) is 150 Å². The van der Waals surface area contributed by atoms with E-state index in [1.807, 2.05) is 0 Å². The van der Waals surface area contributed by atoms with Crippen molar-refractivity contribution < 1.29 is 43.5 Å². The largest absolute Gasteiger partial charge is 0.462 e. The first-order valence-electron chi connectivity index (χ1n) is 16.0. The van der Waals surface area contributed by atoms with E-state index >= 15 is 0 Å². The Labute approximate surface area is 258 Å². The van der Waals surface area contributed by atoms with Crippen LogP contribution in [0.1, 0.15) is 49.9 Å². The van der Waals surface area contributed by atoms with E-state index in [2.05, 4.69) is 11.8 Å². The fourth-order valence-corrected chi connectivity index (χ4v) is 12.0. The number of nitrogen functional groups attached to an aromatic ring is 1. The molecule has 1 aliphatic heterocycles. The first-order valence-corrected chi connectivity index (χ1v) is 16.0. The first-order chi connectivity index (χ1) is 21.0. The second-order valence-corrected chi connectivity index (χ2v) is 14.2. The fraction of sp³-hybridized carbons (Fsp3) is 0.758. The molecule has 1 heterocycles. The highest BCUT2D eigenvalue weighted by Gasteiger charge is 2.92. The van der Waals surface area contributed by atoms with Crippen LogP contribution in [0.15, 0.2) is 24.3 Å². The van der Waals surface area contributed by atoms with E-state index in [4.69, 9.17) is 29.4 Å². The van der Waals surface area contributed by atoms with Crippen LogP contribution in [0.25, 0.3) is 0 Å². The Morgan fingerprint density at radius 1 is 1.11 bits per heavy atom. The van der Waals surface area contributed by atoms with Gasteiger partial charge in [-0.15, -0.1) is 0 Å². The van der Waals surface area contributed by atoms with Gasteiger partial charge in [0.15, 0.2) is 0 Å². The molecule has 6 fully saturated rings. The highest BCUT2D eigenvalue weighted by atomic mass is 16.6. The van der Waals surface area contributed by atoms with Crippen molar-refractivity contribution in [3.8, 4) is 0 Å². The van der Waals surface area contributed by atoms with Gasteiger partial charge in [0.05, 0.1) is 36.5 Å². The molecule has 5 aliphatic carbocycles. The maximum absolute atomic E-state index is 13.4. The average Bonchev–Trinajstić information content (AvgIpc) is 3.39. The van der Waals surface area contributed by atoms with Crippen LogP contribution < -0.4 is 5.73 Å². The lowest BCUT2D eigenvalue weighted by molar-refractivity contribution is -0.319. The molecule has 0 unspecified atom stereocenters. The maximum Gasteiger partial charge on any atom is 0.340 e. The van der Waals surface area contributed by atoms with Gasteiger partial charge in [-0.25, -0.2) is 4.79 Å². The van der Waals surface area contributed by atoms with E-state index in [-0.39, 0.29) is 36.9 Å². The minimum atomic E-state index is -1.75. The third-order valence-corrected chi connectivity index (χ3v) is 13.0. The van der Waals surface area contributed by atoms with Crippen molar-refractivity contribution in [1.82, 2.24) is 4.90 Å². The summed E-state index contributed by atoms with van der Waals surface area (Å²) in [6.07, 6.45) is 0.126. The molecule has 11 heteroatoms. The number of hydrogen-bond acceptors (Lipinski definition) is 11. The molecular formula is C33H46N2O9. The molecule has 1 spiro atoms. The van der Waals surface area contributed by atoms with Crippen LogP contribution in [0.5, 0.6) is 0 Å². The SMILES string of the molecule is CCN1C[C@]2(COC(=O)c3ccccc3N)CC[C@H](OC)[C@@]34[C@@H]5C[C@H]6[C@H](OC(C)=O)[C@@H]5[C@](O)(C[C@@H]6OC)[C@@](O)([C@@H](OC)[C@H]23)[C@@H]14. The third kappa shape index (κ3) is 3.43. The molecule has 4 N–H and O–H groups in total. The van der Waals surface area contributed by atoms with Crippen LogP contribution in [-0.2, 0) is 28.5 Å². The number of hydrogen-bond donors (Lipinski definition) is 3. The van der Waals surface area contributed by atoms with Crippen molar-refractivity contribution in [3.05, 3.63) is 29.8 Å². The van der Waals surface area contributed by atoms with E-state index in [0.29, 0.717) is 43.6 Å². The summed E-state index contributed by atoms with van der Waals surface area (Å²) < 4.78 is 30.9. The van der Waals surface area contributed by atoms with Crippen molar-refractivity contribution in [3.63, 3.8) is 0 Å². The lowest BCUT2D eigenvalue weighted by atomic mass is 9.42. The summed E-state index contributed by atoms with van der Waals surface area (Å²) in [4.78, 5) is 28.2. The second kappa shape index (κ2) is 10.1. The molecular weight excluding hydrogens is 568 g/mol. The number of ether oxygens (including phenoxy) is 5. The number of para-hydroxylation sites is 1. The molecule has 1 aromatic rings. The number of likely N-dealkylation sites (N-methyl/N-ethyl adjacent to an activating group) is 1. The number of likely N-dealkylation sites (tertiary alicyclic amines) is 1. The third-order valence-electron chi connectivity index (χ3n) is 13.0. The molecule has 1 saturated heterocycles. The molecule has 0 aromatic heterocycles. The van der Waals surface area contributed by atoms with E-state index in [9.17, 15) is 19.8 Å². The smallest absolute Gasteiger partial charge is 0.340 e. The van der Waals surface area contributed by atoms with Crippen LogP contribution in [-0.4, -0.2) is 110 Å². The van der Waals surface area contributed by atoms with Gasteiger partial charge in [-0.2, -0.15) is 0 Å². The van der Waals surface area contributed by atoms with Crippen LogP contribution in [0.4, 0.5) is 5.69 Å². The summed E-state index contributed by atoms with van der Waals surface area (Å²) in [5.41, 5.74) is 2.10. The molecule has 7 rings (SSSR count). The minimum absolute atomic E-state index is 0.107. The number of benzene rings is 1. The Kier molecular flexibility index (Phi) is 6.98. The molecule has 13 atom stereocenters. The Morgan fingerprint density at radius 2 is 1.86 bits per heavy atom. The van der Waals surface area contributed by atoms with Crippen LogP contribution in [0.3, 0.4) is 0 Å². The molecule has 5 saturated carbocycles. The van der Waals surface area contributed by atoms with E-state index < -0.39 is 64.2 Å². The number of carbonyl (C=O) groups is 2. The summed E-state index contributed by atoms with van der Waals surface area (Å²) in [7, 11) is 4.93. The number of methoxy groups -OCH3 is 3. The Bertz CT molecular complexity index is 1340. The van der Waals surface area contributed by atoms with Crippen molar-refractivity contribution in [1.29, 1.82) is 0 Å². The van der Waals surface area contributed by atoms with Crippen molar-refractivity contribution in [2.45, 2.75) is 81.2 Å². The highest BCUT2D eigenvalue weighted by molar-refractivity contribution is 5.95. The Balaban J connectivity index is 1.41. The molecule has 7 bridgehead atoms. The molecule has 6 aliphatic rings. The van der Waals surface area contributed by atoms with Gasteiger partial charge in [0.1, 0.15) is 17.3 Å². The Hall–Kier alpha value is -2.28. The summed E-state index contributed by atoms with van der Waals surface area (Å²) in [6.45, 7) is 4.73. The maximum atomic E-state index is 13.4. The summed E-state index contributed by atoms with van der Waals surface area (Å²) in [5.74, 6) is -2.07. The van der Waals surface area contributed by atoms with Crippen LogP contribution in [0.2, 0.25) is 0 Å². The highest BCUT2D eigenvalue weighted by Crippen LogP contribution is 2.80. The lowest BCUT2D eigenvalue weighted by Gasteiger charge is -2.70. The zero-order valence-electron chi connectivity index (χ0n) is 26.2. The molecule has 11 nitrogen and oxygen atoms in total. The van der Waals surface area contributed by atoms with Crippen LogP contribution >= 0.6 is 0 Å². The normalized spacial score (nSPS) is 48.2. The van der Waals surface area contributed by atoms with Crippen molar-refractivity contribution >= 4 is 17.6 Å². The lowest BCUT2D eigenvalue weighted by Crippen LogP contribution is -2.82. The predicted molar refractivity (Wildman–Crippen MR) is 157 cm³/mol.